The van der Waals surface area contributed by atoms with Crippen LogP contribution in [0, 0.1) is 12.8 Å². The summed E-state index contributed by atoms with van der Waals surface area (Å²) in [4.78, 5) is 16.4. The predicted molar refractivity (Wildman–Crippen MR) is 83.6 cm³/mol. The molecular formula is C16H25N3O2. The van der Waals surface area contributed by atoms with Gasteiger partial charge in [0.15, 0.2) is 0 Å². The molecule has 1 aromatic heterocycles. The van der Waals surface area contributed by atoms with Crippen molar-refractivity contribution in [2.75, 3.05) is 31.6 Å². The first-order chi connectivity index (χ1) is 10.2. The van der Waals surface area contributed by atoms with Gasteiger partial charge in [-0.25, -0.2) is 4.98 Å². The van der Waals surface area contributed by atoms with Gasteiger partial charge in [-0.05, 0) is 51.2 Å². The van der Waals surface area contributed by atoms with Crippen molar-refractivity contribution >= 4 is 11.7 Å². The first kappa shape index (κ1) is 15.8. The fourth-order valence-corrected chi connectivity index (χ4v) is 2.08. The molecule has 5 heteroatoms. The Morgan fingerprint density at radius 3 is 2.95 bits per heavy atom. The van der Waals surface area contributed by atoms with Crippen molar-refractivity contribution in [1.82, 2.24) is 10.3 Å². The third-order valence-corrected chi connectivity index (χ3v) is 3.37. The van der Waals surface area contributed by atoms with E-state index < -0.39 is 0 Å². The van der Waals surface area contributed by atoms with Gasteiger partial charge in [0.25, 0.3) is 5.91 Å². The Hall–Kier alpha value is -1.62. The quantitative estimate of drug-likeness (QED) is 0.686. The van der Waals surface area contributed by atoms with Crippen LogP contribution in [0.5, 0.6) is 0 Å². The van der Waals surface area contributed by atoms with Gasteiger partial charge in [0.05, 0.1) is 0 Å². The van der Waals surface area contributed by atoms with Crippen molar-refractivity contribution < 1.29 is 9.53 Å². The molecule has 0 aromatic carbocycles. The summed E-state index contributed by atoms with van der Waals surface area (Å²) in [5.74, 6) is 1.49. The maximum atomic E-state index is 12.1. The zero-order chi connectivity index (χ0) is 15.1. The highest BCUT2D eigenvalue weighted by atomic mass is 16.5. The Kier molecular flexibility index (Phi) is 5.99. The molecule has 0 radical (unpaired) electrons. The molecule has 1 aliphatic rings. The van der Waals surface area contributed by atoms with Gasteiger partial charge in [-0.3, -0.25) is 4.79 Å². The lowest BCUT2D eigenvalue weighted by Gasteiger charge is -2.09. The van der Waals surface area contributed by atoms with Crippen molar-refractivity contribution in [3.05, 3.63) is 23.4 Å². The van der Waals surface area contributed by atoms with Crippen LogP contribution in [0.4, 0.5) is 5.82 Å². The molecule has 2 rings (SSSR count). The highest BCUT2D eigenvalue weighted by Gasteiger charge is 2.20. The van der Waals surface area contributed by atoms with Crippen molar-refractivity contribution in [3.8, 4) is 0 Å². The number of pyridine rings is 1. The van der Waals surface area contributed by atoms with Gasteiger partial charge < -0.3 is 15.4 Å². The largest absolute Gasteiger partial charge is 0.381 e. The van der Waals surface area contributed by atoms with Crippen LogP contribution >= 0.6 is 0 Å². The normalized spacial score (nSPS) is 14.0. The topological polar surface area (TPSA) is 63.2 Å². The number of hydrogen-bond acceptors (Lipinski definition) is 4. The molecule has 0 aliphatic heterocycles. The second-order valence-electron chi connectivity index (χ2n) is 5.54. The van der Waals surface area contributed by atoms with E-state index in [4.69, 9.17) is 4.74 Å². The van der Waals surface area contributed by atoms with Crippen LogP contribution in [0.2, 0.25) is 0 Å². The fourth-order valence-electron chi connectivity index (χ4n) is 2.08. The molecule has 1 heterocycles. The van der Waals surface area contributed by atoms with Crippen LogP contribution < -0.4 is 10.6 Å². The van der Waals surface area contributed by atoms with E-state index in [-0.39, 0.29) is 5.91 Å². The smallest absolute Gasteiger partial charge is 0.251 e. The summed E-state index contributed by atoms with van der Waals surface area (Å²) in [5.41, 5.74) is 1.49. The highest BCUT2D eigenvalue weighted by Crippen LogP contribution is 2.28. The zero-order valence-electron chi connectivity index (χ0n) is 12.9. The van der Waals surface area contributed by atoms with E-state index in [0.717, 1.165) is 43.6 Å². The van der Waals surface area contributed by atoms with Gasteiger partial charge in [0.2, 0.25) is 0 Å². The summed E-state index contributed by atoms with van der Waals surface area (Å²) in [6.45, 7) is 6.92. The molecule has 2 N–H and O–H groups in total. The third kappa shape index (κ3) is 5.71. The van der Waals surface area contributed by atoms with E-state index in [0.29, 0.717) is 12.1 Å². The number of anilines is 1. The number of nitrogens with zero attached hydrogens (tertiary/aromatic N) is 1. The van der Waals surface area contributed by atoms with Crippen LogP contribution in [0.15, 0.2) is 12.1 Å². The number of amides is 1. The van der Waals surface area contributed by atoms with E-state index in [1.54, 1.807) is 12.1 Å². The predicted octanol–water partition coefficient (Wildman–Crippen LogP) is 2.37. The summed E-state index contributed by atoms with van der Waals surface area (Å²) in [6, 6.07) is 3.59. The molecule has 0 saturated heterocycles. The van der Waals surface area contributed by atoms with Crippen molar-refractivity contribution in [3.63, 3.8) is 0 Å². The fraction of sp³-hybridized carbons (Fsp3) is 0.625. The number of nitrogens with one attached hydrogen (secondary N) is 2. The monoisotopic (exact) mass is 291 g/mol. The molecule has 1 aliphatic carbocycles. The van der Waals surface area contributed by atoms with Crippen LogP contribution in [-0.4, -0.2) is 37.2 Å². The Morgan fingerprint density at radius 1 is 1.43 bits per heavy atom. The second kappa shape index (κ2) is 7.98. The highest BCUT2D eigenvalue weighted by molar-refractivity contribution is 5.94. The third-order valence-electron chi connectivity index (χ3n) is 3.37. The van der Waals surface area contributed by atoms with Crippen molar-refractivity contribution in [2.45, 2.75) is 33.1 Å². The van der Waals surface area contributed by atoms with E-state index in [1.807, 2.05) is 13.8 Å². The number of carbonyl (C=O) groups excluding carboxylic acids is 1. The first-order valence-corrected chi connectivity index (χ1v) is 7.77. The molecule has 1 fully saturated rings. The van der Waals surface area contributed by atoms with Crippen LogP contribution in [-0.2, 0) is 4.74 Å². The Bertz CT molecular complexity index is 473. The van der Waals surface area contributed by atoms with Gasteiger partial charge >= 0.3 is 0 Å². The minimum Gasteiger partial charge on any atom is -0.381 e. The van der Waals surface area contributed by atoms with E-state index in [2.05, 4.69) is 15.6 Å². The number of rotatable bonds is 9. The van der Waals surface area contributed by atoms with E-state index >= 15 is 0 Å². The van der Waals surface area contributed by atoms with Crippen LogP contribution in [0.25, 0.3) is 0 Å². The van der Waals surface area contributed by atoms with Gasteiger partial charge in [-0.2, -0.15) is 0 Å². The molecular weight excluding hydrogens is 266 g/mol. The van der Waals surface area contributed by atoms with Crippen molar-refractivity contribution in [2.24, 2.45) is 5.92 Å². The lowest BCUT2D eigenvalue weighted by Crippen LogP contribution is -2.25. The average molecular weight is 291 g/mol. The molecule has 5 nitrogen and oxygen atoms in total. The Balaban J connectivity index is 1.71. The molecule has 116 valence electrons. The number of aromatic nitrogens is 1. The Morgan fingerprint density at radius 2 is 2.24 bits per heavy atom. The average Bonchev–Trinajstić information content (AvgIpc) is 3.26. The number of aryl methyl sites for hydroxylation is 1. The summed E-state index contributed by atoms with van der Waals surface area (Å²) in [7, 11) is 0. The standard InChI is InChI=1S/C16H25N3O2/c1-3-17-15-10-14(9-12(2)19-15)16(20)18-7-4-8-21-11-13-5-6-13/h9-10,13H,3-8,11H2,1-2H3,(H,17,19)(H,18,20). The van der Waals surface area contributed by atoms with E-state index in [9.17, 15) is 4.79 Å². The molecule has 1 aromatic rings. The van der Waals surface area contributed by atoms with Gasteiger partial charge in [0, 0.05) is 37.6 Å². The lowest BCUT2D eigenvalue weighted by atomic mass is 10.2. The van der Waals surface area contributed by atoms with Crippen LogP contribution in [0.1, 0.15) is 42.2 Å². The summed E-state index contributed by atoms with van der Waals surface area (Å²) < 4.78 is 5.54. The summed E-state index contributed by atoms with van der Waals surface area (Å²) in [5, 5.41) is 6.06. The van der Waals surface area contributed by atoms with E-state index in [1.165, 1.54) is 12.8 Å². The summed E-state index contributed by atoms with van der Waals surface area (Å²) in [6.07, 6.45) is 3.47. The SMILES string of the molecule is CCNc1cc(C(=O)NCCCOCC2CC2)cc(C)n1. The minimum atomic E-state index is -0.0538. The molecule has 0 atom stereocenters. The lowest BCUT2D eigenvalue weighted by molar-refractivity contribution is 0.0937. The molecule has 0 unspecified atom stereocenters. The van der Waals surface area contributed by atoms with Gasteiger partial charge in [0.1, 0.15) is 5.82 Å². The molecule has 1 saturated carbocycles. The number of ether oxygens (including phenoxy) is 1. The molecule has 1 amide bonds. The maximum Gasteiger partial charge on any atom is 0.251 e. The molecule has 0 bridgehead atoms. The Labute approximate surface area is 126 Å². The van der Waals surface area contributed by atoms with Crippen molar-refractivity contribution in [1.29, 1.82) is 0 Å². The second-order valence-corrected chi connectivity index (χ2v) is 5.54. The minimum absolute atomic E-state index is 0.0538. The zero-order valence-corrected chi connectivity index (χ0v) is 12.9. The summed E-state index contributed by atoms with van der Waals surface area (Å²) >= 11 is 0. The molecule has 21 heavy (non-hydrogen) atoms. The van der Waals surface area contributed by atoms with Gasteiger partial charge in [-0.15, -0.1) is 0 Å². The van der Waals surface area contributed by atoms with Gasteiger partial charge in [-0.1, -0.05) is 0 Å². The maximum absolute atomic E-state index is 12.1. The number of carbonyl (C=O) groups is 1. The van der Waals surface area contributed by atoms with Crippen LogP contribution in [0.3, 0.4) is 0 Å². The molecule has 0 spiro atoms. The number of hydrogen-bond donors (Lipinski definition) is 2. The first-order valence-electron chi connectivity index (χ1n) is 7.77.